The van der Waals surface area contributed by atoms with Gasteiger partial charge in [0.1, 0.15) is 30.0 Å². The van der Waals surface area contributed by atoms with Crippen LogP contribution >= 0.6 is 0 Å². The minimum absolute atomic E-state index is 0.101. The van der Waals surface area contributed by atoms with Crippen molar-refractivity contribution in [3.8, 4) is 0 Å². The molecule has 0 aromatic heterocycles. The van der Waals surface area contributed by atoms with Gasteiger partial charge in [0.2, 0.25) is 6.41 Å². The Balaban J connectivity index is 2.18. The van der Waals surface area contributed by atoms with E-state index >= 15 is 0 Å². The van der Waals surface area contributed by atoms with Gasteiger partial charge in [-0.2, -0.15) is 0 Å². The first kappa shape index (κ1) is 45.9. The van der Waals surface area contributed by atoms with Crippen LogP contribution in [0.2, 0.25) is 0 Å². The van der Waals surface area contributed by atoms with E-state index in [1.54, 1.807) is 55.5 Å². The van der Waals surface area contributed by atoms with Gasteiger partial charge in [0.15, 0.2) is 12.6 Å². The molecule has 0 spiro atoms. The van der Waals surface area contributed by atoms with Crippen LogP contribution in [-0.2, 0) is 38.0 Å². The van der Waals surface area contributed by atoms with Crippen molar-refractivity contribution in [1.29, 1.82) is 0 Å². The smallest absolute Gasteiger partial charge is 0.311 e. The molecule has 0 aliphatic carbocycles. The molecule has 0 radical (unpaired) electrons. The molecule has 3 fully saturated rings. The summed E-state index contributed by atoms with van der Waals surface area (Å²) >= 11 is 0. The number of hydrogen-bond acceptors (Lipinski definition) is 14. The van der Waals surface area contributed by atoms with Crippen LogP contribution in [0.15, 0.2) is 0 Å². The lowest BCUT2D eigenvalue weighted by atomic mass is 9.77. The molecule has 3 aliphatic heterocycles. The molecule has 310 valence electrons. The quantitative estimate of drug-likeness (QED) is 0.176. The third kappa shape index (κ3) is 10.3. The summed E-state index contributed by atoms with van der Waals surface area (Å²) in [6.45, 7) is 17.6. The molecule has 0 bridgehead atoms. The van der Waals surface area contributed by atoms with E-state index in [1.807, 2.05) is 25.8 Å². The maximum absolute atomic E-state index is 14.2. The number of carbonyl (C=O) groups is 2. The van der Waals surface area contributed by atoms with E-state index < -0.39 is 108 Å². The lowest BCUT2D eigenvalue weighted by molar-refractivity contribution is -0.317. The molecule has 53 heavy (non-hydrogen) atoms. The molecular weight excluding hydrogens is 692 g/mol. The maximum atomic E-state index is 14.2. The lowest BCUT2D eigenvalue weighted by Gasteiger charge is -2.48. The first-order chi connectivity index (χ1) is 24.4. The monoisotopic (exact) mass is 762 g/mol. The second-order valence-electron chi connectivity index (χ2n) is 17.0. The van der Waals surface area contributed by atoms with Gasteiger partial charge in [-0.3, -0.25) is 9.59 Å². The Morgan fingerprint density at radius 3 is 2.17 bits per heavy atom. The van der Waals surface area contributed by atoms with Crippen molar-refractivity contribution in [3.63, 3.8) is 0 Å². The number of aliphatic hydroxyl groups is 5. The highest BCUT2D eigenvalue weighted by molar-refractivity contribution is 5.73. The fourth-order valence-corrected chi connectivity index (χ4v) is 8.71. The summed E-state index contributed by atoms with van der Waals surface area (Å²) in [5.41, 5.74) is -4.50. The van der Waals surface area contributed by atoms with Crippen molar-refractivity contribution in [2.75, 3.05) is 27.7 Å². The van der Waals surface area contributed by atoms with Gasteiger partial charge in [0, 0.05) is 39.1 Å². The molecular formula is C38H70N2O13. The lowest BCUT2D eigenvalue weighted by Crippen LogP contribution is -2.60. The Bertz CT molecular complexity index is 1190. The Morgan fingerprint density at radius 2 is 1.60 bits per heavy atom. The number of carbonyl (C=O) groups excluding carboxylic acids is 2. The topological polar surface area (TPSA) is 197 Å². The van der Waals surface area contributed by atoms with E-state index in [4.69, 9.17) is 28.4 Å². The molecule has 3 rings (SSSR count). The van der Waals surface area contributed by atoms with Gasteiger partial charge in [-0.15, -0.1) is 0 Å². The number of amides is 1. The number of likely N-dealkylation sites (N-methyl/N-ethyl adjacent to an activating group) is 2. The van der Waals surface area contributed by atoms with E-state index in [0.29, 0.717) is 19.4 Å². The molecule has 18 atom stereocenters. The van der Waals surface area contributed by atoms with E-state index in [2.05, 4.69) is 0 Å². The fraction of sp³-hybridized carbons (Fsp3) is 0.947. The predicted octanol–water partition coefficient (Wildman–Crippen LogP) is 1.43. The van der Waals surface area contributed by atoms with Crippen LogP contribution in [0.5, 0.6) is 0 Å². The van der Waals surface area contributed by atoms with Crippen LogP contribution in [0.1, 0.15) is 94.9 Å². The number of methoxy groups -OCH3 is 1. The predicted molar refractivity (Wildman–Crippen MR) is 194 cm³/mol. The number of ether oxygens (including phenoxy) is 6. The summed E-state index contributed by atoms with van der Waals surface area (Å²) in [4.78, 5) is 29.2. The van der Waals surface area contributed by atoms with Gasteiger partial charge in [-0.1, -0.05) is 20.8 Å². The first-order valence-corrected chi connectivity index (χ1v) is 19.2. The number of cyclic esters (lactones) is 1. The maximum Gasteiger partial charge on any atom is 0.311 e. The summed E-state index contributed by atoms with van der Waals surface area (Å²) in [6.07, 6.45) is -8.72. The normalized spacial score (nSPS) is 48.6. The van der Waals surface area contributed by atoms with Crippen LogP contribution < -0.4 is 0 Å². The van der Waals surface area contributed by atoms with E-state index in [9.17, 15) is 35.1 Å². The molecule has 15 heteroatoms. The summed E-state index contributed by atoms with van der Waals surface area (Å²) in [5, 5.41) is 58.1. The van der Waals surface area contributed by atoms with Crippen molar-refractivity contribution in [1.82, 2.24) is 9.80 Å². The average Bonchev–Trinajstić information content (AvgIpc) is 3.09. The Labute approximate surface area is 316 Å². The van der Waals surface area contributed by atoms with E-state index in [-0.39, 0.29) is 25.2 Å². The van der Waals surface area contributed by atoms with E-state index in [0.717, 1.165) is 0 Å². The SMILES string of the molecule is CC[C@@H]1OC(=O)[C@H](C)[C@H](O[C@@H]2C[C@](C)(OC)[C@H](O)[C@H](C)O2)[C@@H](C)[C@H](O[C@@H]2O[C@H](C)C[C@H](N(C)C=O)[C@@H]2O)[C@](C)(O)C[C@H](C)CN(C)[C@H](C)[C@@H](O)[C@@]1(C)O. The minimum Gasteiger partial charge on any atom is -0.459 e. The molecule has 0 saturated carbocycles. The largest absolute Gasteiger partial charge is 0.459 e. The van der Waals surface area contributed by atoms with Crippen LogP contribution in [0.25, 0.3) is 0 Å². The fourth-order valence-electron chi connectivity index (χ4n) is 8.71. The van der Waals surface area contributed by atoms with Crippen molar-refractivity contribution < 1.29 is 63.5 Å². The molecule has 0 aromatic rings. The van der Waals surface area contributed by atoms with Gasteiger partial charge >= 0.3 is 5.97 Å². The summed E-state index contributed by atoms with van der Waals surface area (Å²) < 4.78 is 37.3. The Morgan fingerprint density at radius 1 is 0.981 bits per heavy atom. The molecule has 0 aromatic carbocycles. The van der Waals surface area contributed by atoms with Crippen LogP contribution in [0.3, 0.4) is 0 Å². The molecule has 3 heterocycles. The zero-order chi connectivity index (χ0) is 40.4. The second-order valence-corrected chi connectivity index (χ2v) is 17.0. The third-order valence-corrected chi connectivity index (χ3v) is 12.2. The van der Waals surface area contributed by atoms with Gasteiger partial charge in [0.25, 0.3) is 0 Å². The highest BCUT2D eigenvalue weighted by Gasteiger charge is 2.52. The van der Waals surface area contributed by atoms with Crippen molar-refractivity contribution in [2.24, 2.45) is 17.8 Å². The zero-order valence-electron chi connectivity index (χ0n) is 34.2. The molecule has 0 unspecified atom stereocenters. The number of aliphatic hydroxyl groups excluding tert-OH is 3. The van der Waals surface area contributed by atoms with Gasteiger partial charge in [-0.25, -0.2) is 0 Å². The number of nitrogens with zero attached hydrogens (tertiary/aromatic N) is 2. The van der Waals surface area contributed by atoms with Crippen molar-refractivity contribution in [3.05, 3.63) is 0 Å². The number of hydrogen-bond donors (Lipinski definition) is 5. The van der Waals surface area contributed by atoms with Crippen LogP contribution in [0, 0.1) is 17.8 Å². The molecule has 5 N–H and O–H groups in total. The van der Waals surface area contributed by atoms with Crippen LogP contribution in [0.4, 0.5) is 0 Å². The first-order valence-electron chi connectivity index (χ1n) is 19.2. The standard InChI is InChI=1S/C38H70N2O13/c1-14-27-38(10,47)31(43)24(6)39(11)18-20(2)16-36(8,46)33(53-35-29(42)26(40(12)19-41)15-21(3)49-35)22(4)30(23(5)34(45)51-27)52-28-17-37(9,48-13)32(44)25(7)50-28/h19-33,35,42-44,46-47H,14-18H2,1-13H3/t20-,21+,22+,23+,24+,25-,26-,27-,28+,29-,30+,31+,32+,33-,35-,36+,37-,38-/m0/s1. The molecule has 15 nitrogen and oxygen atoms in total. The van der Waals surface area contributed by atoms with E-state index in [1.165, 1.54) is 18.9 Å². The van der Waals surface area contributed by atoms with Gasteiger partial charge in [-0.05, 0) is 80.7 Å². The Kier molecular flexibility index (Phi) is 15.7. The molecule has 1 amide bonds. The number of esters is 1. The van der Waals surface area contributed by atoms with Gasteiger partial charge in [0.05, 0.1) is 47.6 Å². The second kappa shape index (κ2) is 18.2. The molecule has 3 saturated heterocycles. The summed E-state index contributed by atoms with van der Waals surface area (Å²) in [7, 11) is 4.88. The summed E-state index contributed by atoms with van der Waals surface area (Å²) in [5.74, 6) is -2.78. The van der Waals surface area contributed by atoms with Crippen molar-refractivity contribution in [2.45, 2.75) is 185 Å². The summed E-state index contributed by atoms with van der Waals surface area (Å²) in [6, 6.07) is -1.19. The van der Waals surface area contributed by atoms with Crippen LogP contribution in [-0.4, -0.2) is 166 Å². The number of rotatable bonds is 8. The van der Waals surface area contributed by atoms with Crippen molar-refractivity contribution >= 4 is 12.4 Å². The highest BCUT2D eigenvalue weighted by Crippen LogP contribution is 2.40. The minimum atomic E-state index is -1.82. The van der Waals surface area contributed by atoms with Gasteiger partial charge < -0.3 is 63.8 Å². The molecule has 3 aliphatic rings. The zero-order valence-corrected chi connectivity index (χ0v) is 34.2. The average molecular weight is 763 g/mol. The third-order valence-electron chi connectivity index (χ3n) is 12.2. The highest BCUT2D eigenvalue weighted by atomic mass is 16.7. The Hall–Kier alpha value is -1.50.